The van der Waals surface area contributed by atoms with E-state index in [0.717, 1.165) is 48.3 Å². The SMILES string of the molecule is Cc1nnc(-c2c(CCC3CCN(C(=O)OCc4ccccc4)CC3)nc(CC(C)C)c(C(N)=O)c2-c2ccc(C(=O)NCc3ccc(F)c(F)c3)s2)o1. The minimum absolute atomic E-state index is 0.0198. The van der Waals surface area contributed by atoms with Gasteiger partial charge in [0.15, 0.2) is 11.6 Å². The zero-order valence-electron chi connectivity index (χ0n) is 30.4. The van der Waals surface area contributed by atoms with E-state index < -0.39 is 23.4 Å². The molecule has 3 amide bonds. The number of carbonyl (C=O) groups is 3. The minimum atomic E-state index is -1.00. The molecule has 0 bridgehead atoms. The summed E-state index contributed by atoms with van der Waals surface area (Å²) in [6, 6.07) is 16.4. The van der Waals surface area contributed by atoms with E-state index in [1.807, 2.05) is 44.2 Å². The van der Waals surface area contributed by atoms with Crippen LogP contribution in [0.4, 0.5) is 13.6 Å². The molecule has 0 spiro atoms. The maximum Gasteiger partial charge on any atom is 0.410 e. The van der Waals surface area contributed by atoms with Crippen molar-refractivity contribution in [3.63, 3.8) is 0 Å². The van der Waals surface area contributed by atoms with Gasteiger partial charge in [0, 0.05) is 37.0 Å². The van der Waals surface area contributed by atoms with Crippen molar-refractivity contribution in [3.8, 4) is 21.9 Å². The van der Waals surface area contributed by atoms with Gasteiger partial charge in [0.2, 0.25) is 11.8 Å². The first-order valence-corrected chi connectivity index (χ1v) is 18.7. The number of ether oxygens (including phenoxy) is 1. The molecule has 0 unspecified atom stereocenters. The number of amides is 3. The van der Waals surface area contributed by atoms with Crippen LogP contribution in [0.5, 0.6) is 0 Å². The molecule has 14 heteroatoms. The van der Waals surface area contributed by atoms with E-state index >= 15 is 0 Å². The van der Waals surface area contributed by atoms with Gasteiger partial charge in [-0.25, -0.2) is 13.6 Å². The fraction of sp³-hybridized carbons (Fsp3) is 0.350. The lowest BCUT2D eigenvalue weighted by Crippen LogP contribution is -2.38. The number of halogens is 2. The number of rotatable bonds is 13. The van der Waals surface area contributed by atoms with Gasteiger partial charge in [-0.2, -0.15) is 0 Å². The molecule has 1 aliphatic rings. The van der Waals surface area contributed by atoms with Crippen LogP contribution in [-0.4, -0.2) is 51.1 Å². The summed E-state index contributed by atoms with van der Waals surface area (Å²) in [4.78, 5) is 47.1. The average Bonchev–Trinajstić information content (AvgIpc) is 3.83. The van der Waals surface area contributed by atoms with Crippen molar-refractivity contribution in [2.24, 2.45) is 17.6 Å². The summed E-state index contributed by atoms with van der Waals surface area (Å²) in [5.74, 6) is -2.15. The molecule has 3 N–H and O–H groups in total. The number of pyridine rings is 1. The Morgan fingerprint density at radius 1 is 0.981 bits per heavy atom. The maximum absolute atomic E-state index is 13.8. The number of primary amides is 1. The Bertz CT molecular complexity index is 2130. The number of nitrogens with two attached hydrogens (primary N) is 1. The van der Waals surface area contributed by atoms with Gasteiger partial charge < -0.3 is 25.1 Å². The van der Waals surface area contributed by atoms with Crippen molar-refractivity contribution in [1.82, 2.24) is 25.4 Å². The Kier molecular flexibility index (Phi) is 12.1. The molecule has 11 nitrogen and oxygen atoms in total. The molecule has 54 heavy (non-hydrogen) atoms. The van der Waals surface area contributed by atoms with Crippen molar-refractivity contribution >= 4 is 29.2 Å². The molecule has 1 saturated heterocycles. The van der Waals surface area contributed by atoms with Crippen LogP contribution in [0.15, 0.2) is 65.1 Å². The van der Waals surface area contributed by atoms with Crippen molar-refractivity contribution in [2.45, 2.75) is 66.0 Å². The molecule has 0 radical (unpaired) electrons. The quantitative estimate of drug-likeness (QED) is 0.124. The normalized spacial score (nSPS) is 13.3. The monoisotopic (exact) mass is 756 g/mol. The topological polar surface area (TPSA) is 154 Å². The number of aromatic nitrogens is 3. The number of benzene rings is 2. The summed E-state index contributed by atoms with van der Waals surface area (Å²) in [5, 5.41) is 11.2. The number of nitrogens with zero attached hydrogens (tertiary/aromatic N) is 4. The Morgan fingerprint density at radius 2 is 1.74 bits per heavy atom. The van der Waals surface area contributed by atoms with Gasteiger partial charge in [-0.3, -0.25) is 14.6 Å². The van der Waals surface area contributed by atoms with Crippen LogP contribution < -0.4 is 11.1 Å². The average molecular weight is 757 g/mol. The van der Waals surface area contributed by atoms with Crippen LogP contribution in [0.3, 0.4) is 0 Å². The zero-order chi connectivity index (χ0) is 38.4. The first-order valence-electron chi connectivity index (χ1n) is 17.9. The van der Waals surface area contributed by atoms with Crippen molar-refractivity contribution in [2.75, 3.05) is 13.1 Å². The Balaban J connectivity index is 1.27. The smallest absolute Gasteiger partial charge is 0.410 e. The molecule has 0 saturated carbocycles. The lowest BCUT2D eigenvalue weighted by molar-refractivity contribution is 0.0814. The van der Waals surface area contributed by atoms with Gasteiger partial charge in [0.1, 0.15) is 6.61 Å². The Hall–Kier alpha value is -5.50. The van der Waals surface area contributed by atoms with Gasteiger partial charge in [-0.1, -0.05) is 50.2 Å². The standard InChI is InChI=1S/C40H42F2N6O5S/c1-23(2)19-31-34(37(43)49)36(32-13-14-33(54-32)38(50)44-21-27-9-11-28(41)29(42)20-27)35(39-47-46-24(3)53-39)30(45-31)12-10-25-15-17-48(18-16-25)40(51)52-22-26-7-5-4-6-8-26/h4-9,11,13-14,20,23,25H,10,12,15-19,21-22H2,1-3H3,(H2,43,49)(H,44,50). The van der Waals surface area contributed by atoms with E-state index in [0.29, 0.717) is 75.6 Å². The molecular formula is C40H42F2N6O5S. The van der Waals surface area contributed by atoms with Crippen LogP contribution >= 0.6 is 11.3 Å². The first-order chi connectivity index (χ1) is 26.0. The molecule has 4 heterocycles. The second-order valence-electron chi connectivity index (χ2n) is 13.8. The lowest BCUT2D eigenvalue weighted by Gasteiger charge is -2.31. The number of carbonyl (C=O) groups excluding carboxylic acids is 3. The highest BCUT2D eigenvalue weighted by Crippen LogP contribution is 2.42. The molecule has 5 aromatic rings. The number of likely N-dealkylation sites (tertiary alicyclic amines) is 1. The molecule has 2 aromatic carbocycles. The van der Waals surface area contributed by atoms with E-state index in [9.17, 15) is 23.2 Å². The second kappa shape index (κ2) is 17.1. The van der Waals surface area contributed by atoms with E-state index in [1.165, 1.54) is 6.07 Å². The fourth-order valence-electron chi connectivity index (χ4n) is 6.61. The molecule has 0 atom stereocenters. The van der Waals surface area contributed by atoms with E-state index in [4.69, 9.17) is 19.9 Å². The third-order valence-corrected chi connectivity index (χ3v) is 10.4. The predicted molar refractivity (Wildman–Crippen MR) is 199 cm³/mol. The van der Waals surface area contributed by atoms with E-state index in [2.05, 4.69) is 15.5 Å². The lowest BCUT2D eigenvalue weighted by atomic mass is 9.88. The number of piperidine rings is 1. The number of thiophene rings is 1. The molecular weight excluding hydrogens is 715 g/mol. The molecule has 1 fully saturated rings. The van der Waals surface area contributed by atoms with Gasteiger partial charge in [0.05, 0.1) is 27.4 Å². The summed E-state index contributed by atoms with van der Waals surface area (Å²) >= 11 is 1.15. The van der Waals surface area contributed by atoms with Crippen LogP contribution in [0, 0.1) is 30.4 Å². The van der Waals surface area contributed by atoms with Crippen LogP contribution in [0.2, 0.25) is 0 Å². The van der Waals surface area contributed by atoms with Gasteiger partial charge in [0.25, 0.3) is 11.8 Å². The predicted octanol–water partition coefficient (Wildman–Crippen LogP) is 7.66. The fourth-order valence-corrected chi connectivity index (χ4v) is 7.59. The highest BCUT2D eigenvalue weighted by molar-refractivity contribution is 7.17. The van der Waals surface area contributed by atoms with E-state index in [1.54, 1.807) is 24.0 Å². The third-order valence-electron chi connectivity index (χ3n) is 9.32. The zero-order valence-corrected chi connectivity index (χ0v) is 31.2. The summed E-state index contributed by atoms with van der Waals surface area (Å²) in [7, 11) is 0. The van der Waals surface area contributed by atoms with Gasteiger partial charge >= 0.3 is 6.09 Å². The molecule has 6 rings (SSSR count). The molecule has 282 valence electrons. The van der Waals surface area contributed by atoms with Crippen LogP contribution in [-0.2, 0) is 30.7 Å². The van der Waals surface area contributed by atoms with Crippen LogP contribution in [0.1, 0.15) is 81.5 Å². The maximum atomic E-state index is 13.8. The van der Waals surface area contributed by atoms with Crippen LogP contribution in [0.25, 0.3) is 21.9 Å². The van der Waals surface area contributed by atoms with Gasteiger partial charge in [-0.05, 0) is 79.3 Å². The highest BCUT2D eigenvalue weighted by atomic mass is 32.1. The minimum Gasteiger partial charge on any atom is -0.445 e. The van der Waals surface area contributed by atoms with Crippen molar-refractivity contribution in [3.05, 3.63) is 111 Å². The van der Waals surface area contributed by atoms with Crippen molar-refractivity contribution in [1.29, 1.82) is 0 Å². The highest BCUT2D eigenvalue weighted by Gasteiger charge is 2.31. The number of hydrogen-bond donors (Lipinski definition) is 2. The number of hydrogen-bond acceptors (Lipinski definition) is 9. The third kappa shape index (κ3) is 9.16. The molecule has 0 aliphatic carbocycles. The number of nitrogens with one attached hydrogen (secondary N) is 1. The largest absolute Gasteiger partial charge is 0.445 e. The second-order valence-corrected chi connectivity index (χ2v) is 14.9. The van der Waals surface area contributed by atoms with Gasteiger partial charge in [-0.15, -0.1) is 21.5 Å². The molecule has 1 aliphatic heterocycles. The summed E-state index contributed by atoms with van der Waals surface area (Å²) < 4.78 is 38.7. The summed E-state index contributed by atoms with van der Waals surface area (Å²) in [6.45, 7) is 7.07. The summed E-state index contributed by atoms with van der Waals surface area (Å²) in [6.07, 6.45) is 2.98. The Labute approximate surface area is 315 Å². The molecule has 3 aromatic heterocycles. The summed E-state index contributed by atoms with van der Waals surface area (Å²) in [5.41, 5.74) is 9.79. The van der Waals surface area contributed by atoms with E-state index in [-0.39, 0.29) is 36.6 Å². The Morgan fingerprint density at radius 3 is 2.41 bits per heavy atom. The first kappa shape index (κ1) is 38.2. The number of aryl methyl sites for hydroxylation is 2. The van der Waals surface area contributed by atoms with Crippen molar-refractivity contribution < 1.29 is 32.3 Å².